The summed E-state index contributed by atoms with van der Waals surface area (Å²) in [6.45, 7) is 7.14. The molecule has 1 aliphatic heterocycles. The first kappa shape index (κ1) is 15.2. The molecule has 1 amide bonds. The smallest absolute Gasteiger partial charge is 0.412 e. The zero-order valence-electron chi connectivity index (χ0n) is 12.5. The van der Waals surface area contributed by atoms with Gasteiger partial charge in [-0.05, 0) is 45.4 Å². The summed E-state index contributed by atoms with van der Waals surface area (Å²) >= 11 is 0. The molecule has 1 heterocycles. The van der Waals surface area contributed by atoms with E-state index in [9.17, 15) is 14.7 Å². The van der Waals surface area contributed by atoms with Crippen molar-refractivity contribution in [2.24, 2.45) is 0 Å². The summed E-state index contributed by atoms with van der Waals surface area (Å²) < 4.78 is 5.16. The van der Waals surface area contributed by atoms with E-state index in [4.69, 9.17) is 4.74 Å². The van der Waals surface area contributed by atoms with Gasteiger partial charge in [-0.3, -0.25) is 5.32 Å². The van der Waals surface area contributed by atoms with Crippen LogP contribution < -0.4 is 10.2 Å². The van der Waals surface area contributed by atoms with Crippen molar-refractivity contribution in [3.05, 3.63) is 23.8 Å². The lowest BCUT2D eigenvalue weighted by Crippen LogP contribution is -2.37. The fourth-order valence-corrected chi connectivity index (χ4v) is 2.01. The maximum Gasteiger partial charge on any atom is 0.412 e. The number of nitrogens with one attached hydrogen (secondary N) is 1. The Bertz CT molecular complexity index is 559. The molecule has 1 saturated heterocycles. The average Bonchev–Trinajstić information content (AvgIpc) is 2.23. The van der Waals surface area contributed by atoms with E-state index in [-0.39, 0.29) is 11.3 Å². The van der Waals surface area contributed by atoms with Crippen molar-refractivity contribution in [2.45, 2.75) is 32.8 Å². The van der Waals surface area contributed by atoms with Gasteiger partial charge in [0.1, 0.15) is 5.60 Å². The Morgan fingerprint density at radius 1 is 1.29 bits per heavy atom. The third-order valence-corrected chi connectivity index (χ3v) is 3.09. The van der Waals surface area contributed by atoms with Crippen molar-refractivity contribution < 1.29 is 19.4 Å². The quantitative estimate of drug-likeness (QED) is 0.895. The van der Waals surface area contributed by atoms with Crippen LogP contribution in [-0.2, 0) is 4.74 Å². The normalized spacial score (nSPS) is 14.3. The lowest BCUT2D eigenvalue weighted by molar-refractivity contribution is 0.0636. The van der Waals surface area contributed by atoms with Gasteiger partial charge < -0.3 is 14.7 Å². The molecule has 21 heavy (non-hydrogen) atoms. The van der Waals surface area contributed by atoms with Crippen molar-refractivity contribution in [2.75, 3.05) is 23.3 Å². The van der Waals surface area contributed by atoms with Crippen LogP contribution in [0, 0.1) is 0 Å². The maximum absolute atomic E-state index is 11.8. The van der Waals surface area contributed by atoms with Gasteiger partial charge in [0.25, 0.3) is 0 Å². The maximum atomic E-state index is 11.8. The van der Waals surface area contributed by atoms with E-state index >= 15 is 0 Å². The Morgan fingerprint density at radius 3 is 2.43 bits per heavy atom. The lowest BCUT2D eigenvalue weighted by atomic mass is 10.1. The number of nitrogens with zero attached hydrogens (tertiary/aromatic N) is 1. The third kappa shape index (κ3) is 3.87. The van der Waals surface area contributed by atoms with Crippen LogP contribution in [0.4, 0.5) is 16.2 Å². The van der Waals surface area contributed by atoms with Gasteiger partial charge in [-0.1, -0.05) is 0 Å². The number of carboxylic acids is 1. The number of amides is 1. The van der Waals surface area contributed by atoms with E-state index in [0.717, 1.165) is 25.2 Å². The van der Waals surface area contributed by atoms with Crippen molar-refractivity contribution in [3.63, 3.8) is 0 Å². The SMILES string of the molecule is CC(C)(C)OC(=O)Nc1cc(N2CCC2)ccc1C(=O)O. The molecular weight excluding hydrogens is 272 g/mol. The number of ether oxygens (including phenoxy) is 1. The topological polar surface area (TPSA) is 78.9 Å². The minimum atomic E-state index is -1.09. The van der Waals surface area contributed by atoms with Gasteiger partial charge in [-0.15, -0.1) is 0 Å². The van der Waals surface area contributed by atoms with Crippen LogP contribution in [0.5, 0.6) is 0 Å². The van der Waals surface area contributed by atoms with Crippen LogP contribution in [0.25, 0.3) is 0 Å². The van der Waals surface area contributed by atoms with Crippen LogP contribution in [0.3, 0.4) is 0 Å². The van der Waals surface area contributed by atoms with Crippen LogP contribution in [0.2, 0.25) is 0 Å². The summed E-state index contributed by atoms with van der Waals surface area (Å²) in [5.74, 6) is -1.09. The van der Waals surface area contributed by atoms with E-state index in [1.54, 1.807) is 32.9 Å². The molecule has 6 nitrogen and oxygen atoms in total. The number of rotatable bonds is 3. The zero-order chi connectivity index (χ0) is 15.6. The number of benzene rings is 1. The van der Waals surface area contributed by atoms with E-state index in [0.29, 0.717) is 0 Å². The van der Waals surface area contributed by atoms with Gasteiger partial charge in [0.05, 0.1) is 11.3 Å². The molecule has 1 aromatic carbocycles. The minimum Gasteiger partial charge on any atom is -0.478 e. The summed E-state index contributed by atoms with van der Waals surface area (Å²) in [6.07, 6.45) is 0.459. The predicted octanol–water partition coefficient (Wildman–Crippen LogP) is 2.94. The molecule has 0 aliphatic carbocycles. The molecule has 1 aromatic rings. The number of carbonyl (C=O) groups is 2. The Balaban J connectivity index is 2.22. The Labute approximate surface area is 123 Å². The summed E-state index contributed by atoms with van der Waals surface area (Å²) in [4.78, 5) is 25.2. The van der Waals surface area contributed by atoms with Gasteiger partial charge in [0, 0.05) is 18.8 Å². The van der Waals surface area contributed by atoms with E-state index in [2.05, 4.69) is 10.2 Å². The molecule has 0 spiro atoms. The fourth-order valence-electron chi connectivity index (χ4n) is 2.01. The van der Waals surface area contributed by atoms with Gasteiger partial charge in [0.15, 0.2) is 0 Å². The van der Waals surface area contributed by atoms with Gasteiger partial charge in [-0.25, -0.2) is 9.59 Å². The highest BCUT2D eigenvalue weighted by Gasteiger charge is 2.21. The van der Waals surface area contributed by atoms with Gasteiger partial charge in [0.2, 0.25) is 0 Å². The van der Waals surface area contributed by atoms with Crippen molar-refractivity contribution in [1.29, 1.82) is 0 Å². The molecular formula is C15H20N2O4. The van der Waals surface area contributed by atoms with Crippen LogP contribution in [-0.4, -0.2) is 35.9 Å². The standard InChI is InChI=1S/C15H20N2O4/c1-15(2,3)21-14(20)16-12-9-10(17-7-4-8-17)5-6-11(12)13(18)19/h5-6,9H,4,7-8H2,1-3H3,(H,16,20)(H,18,19). The number of carbonyl (C=O) groups excluding carboxylic acids is 1. The molecule has 2 N–H and O–H groups in total. The third-order valence-electron chi connectivity index (χ3n) is 3.09. The molecule has 0 atom stereocenters. The van der Waals surface area contributed by atoms with Crippen molar-refractivity contribution >= 4 is 23.4 Å². The second-order valence-corrected chi connectivity index (χ2v) is 6.00. The predicted molar refractivity (Wildman–Crippen MR) is 80.1 cm³/mol. The Kier molecular flexibility index (Phi) is 4.06. The highest BCUT2D eigenvalue weighted by atomic mass is 16.6. The van der Waals surface area contributed by atoms with Crippen molar-refractivity contribution in [1.82, 2.24) is 0 Å². The molecule has 0 saturated carbocycles. The summed E-state index contributed by atoms with van der Waals surface area (Å²) in [7, 11) is 0. The highest BCUT2D eigenvalue weighted by molar-refractivity contribution is 5.99. The number of anilines is 2. The fraction of sp³-hybridized carbons (Fsp3) is 0.467. The van der Waals surface area contributed by atoms with Gasteiger partial charge in [-0.2, -0.15) is 0 Å². The average molecular weight is 292 g/mol. The molecule has 0 unspecified atom stereocenters. The molecule has 0 radical (unpaired) electrons. The second-order valence-electron chi connectivity index (χ2n) is 6.00. The Hall–Kier alpha value is -2.24. The molecule has 0 bridgehead atoms. The summed E-state index contributed by atoms with van der Waals surface area (Å²) in [6, 6.07) is 4.93. The summed E-state index contributed by atoms with van der Waals surface area (Å²) in [5.41, 5.74) is 0.561. The first-order valence-corrected chi connectivity index (χ1v) is 6.88. The zero-order valence-corrected chi connectivity index (χ0v) is 12.5. The first-order chi connectivity index (χ1) is 9.76. The van der Waals surface area contributed by atoms with E-state index in [1.165, 1.54) is 6.07 Å². The molecule has 6 heteroatoms. The number of aromatic carboxylic acids is 1. The molecule has 114 valence electrons. The van der Waals surface area contributed by atoms with E-state index < -0.39 is 17.7 Å². The monoisotopic (exact) mass is 292 g/mol. The molecule has 1 aliphatic rings. The lowest BCUT2D eigenvalue weighted by Gasteiger charge is -2.33. The number of hydrogen-bond acceptors (Lipinski definition) is 4. The number of carboxylic acid groups (broad SMARTS) is 1. The molecule has 1 fully saturated rings. The molecule has 2 rings (SSSR count). The van der Waals surface area contributed by atoms with E-state index in [1.807, 2.05) is 0 Å². The largest absolute Gasteiger partial charge is 0.478 e. The second kappa shape index (κ2) is 5.63. The van der Waals surface area contributed by atoms with Crippen molar-refractivity contribution in [3.8, 4) is 0 Å². The highest BCUT2D eigenvalue weighted by Crippen LogP contribution is 2.27. The van der Waals surface area contributed by atoms with Crippen LogP contribution in [0.15, 0.2) is 18.2 Å². The van der Waals surface area contributed by atoms with Gasteiger partial charge >= 0.3 is 12.1 Å². The van der Waals surface area contributed by atoms with Crippen LogP contribution in [0.1, 0.15) is 37.6 Å². The Morgan fingerprint density at radius 2 is 1.95 bits per heavy atom. The number of hydrogen-bond donors (Lipinski definition) is 2. The first-order valence-electron chi connectivity index (χ1n) is 6.88. The molecule has 0 aromatic heterocycles. The van der Waals surface area contributed by atoms with Crippen LogP contribution >= 0.6 is 0 Å². The minimum absolute atomic E-state index is 0.0464. The summed E-state index contributed by atoms with van der Waals surface area (Å²) in [5, 5.41) is 11.7.